The van der Waals surface area contributed by atoms with Crippen LogP contribution in [0, 0.1) is 0 Å². The second-order valence-corrected chi connectivity index (χ2v) is 6.92. The molecule has 0 atom stereocenters. The standard InChI is InChI=1S/C25H25NO5/c1-5-13-31-21-8-6-7-19(14-21)15-22-23(25(28)30-4)17(2)26(24(22)27)16-18-9-11-20(29-3)12-10-18/h5-12,14-15H,1,13,16H2,2-4H3/b22-15-. The third-order valence-corrected chi connectivity index (χ3v) is 4.94. The van der Waals surface area contributed by atoms with Gasteiger partial charge >= 0.3 is 5.97 Å². The zero-order valence-electron chi connectivity index (χ0n) is 17.9. The quantitative estimate of drug-likeness (QED) is 0.366. The highest BCUT2D eigenvalue weighted by Gasteiger charge is 2.37. The SMILES string of the molecule is C=CCOc1cccc(/C=C2\C(=O)N(Cc3ccc(OC)cc3)C(C)=C2C(=O)OC)c1. The zero-order chi connectivity index (χ0) is 22.4. The molecule has 0 fully saturated rings. The zero-order valence-corrected chi connectivity index (χ0v) is 17.9. The minimum Gasteiger partial charge on any atom is -0.497 e. The number of rotatable bonds is 8. The lowest BCUT2D eigenvalue weighted by Gasteiger charge is -2.18. The topological polar surface area (TPSA) is 65.1 Å². The van der Waals surface area contributed by atoms with Crippen molar-refractivity contribution in [2.45, 2.75) is 13.5 Å². The van der Waals surface area contributed by atoms with Gasteiger partial charge in [-0.3, -0.25) is 4.79 Å². The van der Waals surface area contributed by atoms with Gasteiger partial charge in [-0.25, -0.2) is 4.79 Å². The Balaban J connectivity index is 1.96. The van der Waals surface area contributed by atoms with E-state index in [-0.39, 0.29) is 11.5 Å². The third-order valence-electron chi connectivity index (χ3n) is 4.94. The Morgan fingerprint density at radius 2 is 1.84 bits per heavy atom. The smallest absolute Gasteiger partial charge is 0.340 e. The maximum atomic E-state index is 13.3. The van der Waals surface area contributed by atoms with Crippen molar-refractivity contribution in [3.05, 3.63) is 89.2 Å². The van der Waals surface area contributed by atoms with Crippen LogP contribution in [-0.2, 0) is 20.9 Å². The molecule has 1 aliphatic rings. The van der Waals surface area contributed by atoms with E-state index in [1.165, 1.54) is 7.11 Å². The van der Waals surface area contributed by atoms with Crippen LogP contribution in [0.25, 0.3) is 6.08 Å². The van der Waals surface area contributed by atoms with Gasteiger partial charge in [0.15, 0.2) is 0 Å². The van der Waals surface area contributed by atoms with Gasteiger partial charge < -0.3 is 19.1 Å². The molecule has 31 heavy (non-hydrogen) atoms. The molecule has 0 N–H and O–H groups in total. The number of methoxy groups -OCH3 is 2. The van der Waals surface area contributed by atoms with Crippen molar-refractivity contribution in [1.82, 2.24) is 4.90 Å². The van der Waals surface area contributed by atoms with E-state index < -0.39 is 5.97 Å². The van der Waals surface area contributed by atoms with E-state index in [2.05, 4.69) is 6.58 Å². The fraction of sp³-hybridized carbons (Fsp3) is 0.200. The van der Waals surface area contributed by atoms with E-state index in [0.717, 1.165) is 16.9 Å². The van der Waals surface area contributed by atoms with Crippen molar-refractivity contribution in [2.24, 2.45) is 0 Å². The number of hydrogen-bond donors (Lipinski definition) is 0. The van der Waals surface area contributed by atoms with Crippen molar-refractivity contribution in [1.29, 1.82) is 0 Å². The molecule has 0 aliphatic carbocycles. The second-order valence-electron chi connectivity index (χ2n) is 6.92. The highest BCUT2D eigenvalue weighted by molar-refractivity contribution is 6.16. The van der Waals surface area contributed by atoms with Gasteiger partial charge in [0.2, 0.25) is 0 Å². The summed E-state index contributed by atoms with van der Waals surface area (Å²) < 4.78 is 15.7. The Morgan fingerprint density at radius 3 is 2.48 bits per heavy atom. The first-order valence-electron chi connectivity index (χ1n) is 9.78. The average Bonchev–Trinajstić information content (AvgIpc) is 3.02. The molecule has 6 nitrogen and oxygen atoms in total. The lowest BCUT2D eigenvalue weighted by atomic mass is 10.0. The number of esters is 1. The monoisotopic (exact) mass is 419 g/mol. The van der Waals surface area contributed by atoms with Crippen molar-refractivity contribution >= 4 is 18.0 Å². The van der Waals surface area contributed by atoms with Crippen LogP contribution in [0.15, 0.2) is 78.0 Å². The lowest BCUT2D eigenvalue weighted by Crippen LogP contribution is -2.24. The minimum atomic E-state index is -0.548. The molecule has 0 unspecified atom stereocenters. The third kappa shape index (κ3) is 4.86. The van der Waals surface area contributed by atoms with Crippen LogP contribution in [0.4, 0.5) is 0 Å². The molecule has 0 saturated heterocycles. The fourth-order valence-corrected chi connectivity index (χ4v) is 3.35. The van der Waals surface area contributed by atoms with Crippen LogP contribution in [0.1, 0.15) is 18.1 Å². The highest BCUT2D eigenvalue weighted by Crippen LogP contribution is 2.33. The summed E-state index contributed by atoms with van der Waals surface area (Å²) in [6, 6.07) is 14.7. The predicted octanol–water partition coefficient (Wildman–Crippen LogP) is 4.13. The molecule has 0 aromatic heterocycles. The summed E-state index contributed by atoms with van der Waals surface area (Å²) >= 11 is 0. The molecule has 2 aromatic rings. The van der Waals surface area contributed by atoms with E-state index in [1.54, 1.807) is 37.2 Å². The Morgan fingerprint density at radius 1 is 1.10 bits per heavy atom. The van der Waals surface area contributed by atoms with E-state index in [0.29, 0.717) is 30.2 Å². The van der Waals surface area contributed by atoms with Gasteiger partial charge in [-0.2, -0.15) is 0 Å². The molecule has 2 aromatic carbocycles. The molecule has 6 heteroatoms. The number of ether oxygens (including phenoxy) is 3. The van der Waals surface area contributed by atoms with Crippen molar-refractivity contribution in [3.8, 4) is 11.5 Å². The summed E-state index contributed by atoms with van der Waals surface area (Å²) in [7, 11) is 2.91. The summed E-state index contributed by atoms with van der Waals surface area (Å²) in [5, 5.41) is 0. The van der Waals surface area contributed by atoms with Gasteiger partial charge in [-0.15, -0.1) is 0 Å². The molecule has 1 amide bonds. The van der Waals surface area contributed by atoms with Crippen LogP contribution in [0.2, 0.25) is 0 Å². The largest absolute Gasteiger partial charge is 0.497 e. The van der Waals surface area contributed by atoms with Gasteiger partial charge in [0.25, 0.3) is 5.91 Å². The number of allylic oxidation sites excluding steroid dienone is 1. The number of carbonyl (C=O) groups excluding carboxylic acids is 2. The molecule has 0 spiro atoms. The summed E-state index contributed by atoms with van der Waals surface area (Å²) in [6.45, 7) is 6.09. The Labute approximate surface area is 182 Å². The minimum absolute atomic E-state index is 0.258. The van der Waals surface area contributed by atoms with Gasteiger partial charge in [0, 0.05) is 5.70 Å². The van der Waals surface area contributed by atoms with E-state index in [1.807, 2.05) is 42.5 Å². The number of amides is 1. The molecule has 0 radical (unpaired) electrons. The average molecular weight is 419 g/mol. The highest BCUT2D eigenvalue weighted by atomic mass is 16.5. The molecule has 0 saturated carbocycles. The van der Waals surface area contributed by atoms with Crippen LogP contribution in [0.5, 0.6) is 11.5 Å². The van der Waals surface area contributed by atoms with Crippen LogP contribution in [0.3, 0.4) is 0 Å². The summed E-state index contributed by atoms with van der Waals surface area (Å²) in [6.07, 6.45) is 3.34. The van der Waals surface area contributed by atoms with E-state index >= 15 is 0 Å². The Kier molecular flexibility index (Phi) is 6.92. The van der Waals surface area contributed by atoms with E-state index in [4.69, 9.17) is 14.2 Å². The first-order chi connectivity index (χ1) is 15.0. The normalized spacial score (nSPS) is 14.7. The van der Waals surface area contributed by atoms with Crippen molar-refractivity contribution < 1.29 is 23.8 Å². The Bertz CT molecular complexity index is 1050. The molecule has 1 heterocycles. The van der Waals surface area contributed by atoms with Gasteiger partial charge in [0.05, 0.1) is 31.9 Å². The first-order valence-corrected chi connectivity index (χ1v) is 9.78. The van der Waals surface area contributed by atoms with Crippen LogP contribution >= 0.6 is 0 Å². The van der Waals surface area contributed by atoms with Crippen LogP contribution in [-0.4, -0.2) is 37.6 Å². The molecule has 3 rings (SSSR count). The fourth-order valence-electron chi connectivity index (χ4n) is 3.35. The van der Waals surface area contributed by atoms with Crippen LogP contribution < -0.4 is 9.47 Å². The molecule has 1 aliphatic heterocycles. The first kappa shape index (κ1) is 21.9. The van der Waals surface area contributed by atoms with Gasteiger partial charge in [0.1, 0.15) is 18.1 Å². The number of carbonyl (C=O) groups is 2. The van der Waals surface area contributed by atoms with Crippen molar-refractivity contribution in [2.75, 3.05) is 20.8 Å². The molecule has 160 valence electrons. The molecular formula is C25H25NO5. The molecule has 0 bridgehead atoms. The van der Waals surface area contributed by atoms with Gasteiger partial charge in [-0.05, 0) is 48.4 Å². The summed E-state index contributed by atoms with van der Waals surface area (Å²) in [5.41, 5.74) is 2.76. The summed E-state index contributed by atoms with van der Waals surface area (Å²) in [4.78, 5) is 27.4. The second kappa shape index (κ2) is 9.80. The maximum Gasteiger partial charge on any atom is 0.340 e. The van der Waals surface area contributed by atoms with E-state index in [9.17, 15) is 9.59 Å². The number of nitrogens with zero attached hydrogens (tertiary/aromatic N) is 1. The van der Waals surface area contributed by atoms with Crippen molar-refractivity contribution in [3.63, 3.8) is 0 Å². The summed E-state index contributed by atoms with van der Waals surface area (Å²) in [5.74, 6) is 0.577. The van der Waals surface area contributed by atoms with Gasteiger partial charge in [-0.1, -0.05) is 36.9 Å². The predicted molar refractivity (Wildman–Crippen MR) is 118 cm³/mol. The maximum absolute atomic E-state index is 13.3. The Hall–Kier alpha value is -3.80. The number of benzene rings is 2. The number of hydrogen-bond acceptors (Lipinski definition) is 5. The lowest BCUT2D eigenvalue weighted by molar-refractivity contribution is -0.136. The molecular weight excluding hydrogens is 394 g/mol.